The summed E-state index contributed by atoms with van der Waals surface area (Å²) in [4.78, 5) is 10.1. The van der Waals surface area contributed by atoms with Crippen molar-refractivity contribution in [3.05, 3.63) is 0 Å². The van der Waals surface area contributed by atoms with Crippen molar-refractivity contribution in [3.63, 3.8) is 0 Å². The van der Waals surface area contributed by atoms with Crippen molar-refractivity contribution in [2.75, 3.05) is 5.75 Å². The van der Waals surface area contributed by atoms with Crippen molar-refractivity contribution in [2.24, 2.45) is 5.92 Å². The molecule has 0 aromatic rings. The molecule has 0 spiro atoms. The van der Waals surface area contributed by atoms with Crippen LogP contribution >= 0.6 is 11.8 Å². The lowest BCUT2D eigenvalue weighted by molar-refractivity contribution is -0.108. The number of aldehydes is 1. The highest BCUT2D eigenvalue weighted by Crippen LogP contribution is 2.34. The summed E-state index contributed by atoms with van der Waals surface area (Å²) in [5.41, 5.74) is 0. The Morgan fingerprint density at radius 2 is 2.62 bits per heavy atom. The SMILES string of the molecule is CCC1CSC1C=O. The molecule has 2 atom stereocenters. The Balaban J connectivity index is 2.26. The third-order valence-corrected chi connectivity index (χ3v) is 3.13. The van der Waals surface area contributed by atoms with Crippen molar-refractivity contribution >= 4 is 18.0 Å². The fourth-order valence-corrected chi connectivity index (χ4v) is 2.04. The Hall–Kier alpha value is 0.0200. The zero-order valence-corrected chi connectivity index (χ0v) is 5.78. The second-order valence-electron chi connectivity index (χ2n) is 2.10. The molecular formula is C6H10OS. The first-order chi connectivity index (χ1) is 3.88. The van der Waals surface area contributed by atoms with E-state index in [1.165, 1.54) is 5.75 Å². The van der Waals surface area contributed by atoms with Crippen LogP contribution < -0.4 is 0 Å². The van der Waals surface area contributed by atoms with Crippen molar-refractivity contribution in [3.8, 4) is 0 Å². The van der Waals surface area contributed by atoms with Gasteiger partial charge < -0.3 is 4.79 Å². The number of hydrogen-bond donors (Lipinski definition) is 0. The predicted octanol–water partition coefficient (Wildman–Crippen LogP) is 1.33. The zero-order chi connectivity index (χ0) is 5.98. The zero-order valence-electron chi connectivity index (χ0n) is 4.96. The molecule has 1 heterocycles. The summed E-state index contributed by atoms with van der Waals surface area (Å²) >= 11 is 1.77. The topological polar surface area (TPSA) is 17.1 Å². The van der Waals surface area contributed by atoms with Crippen LogP contribution in [0.15, 0.2) is 0 Å². The summed E-state index contributed by atoms with van der Waals surface area (Å²) in [5.74, 6) is 1.89. The normalized spacial score (nSPS) is 36.1. The van der Waals surface area contributed by atoms with Gasteiger partial charge in [-0.25, -0.2) is 0 Å². The lowest BCUT2D eigenvalue weighted by Crippen LogP contribution is -2.30. The summed E-state index contributed by atoms with van der Waals surface area (Å²) in [6.07, 6.45) is 2.23. The van der Waals surface area contributed by atoms with Crippen LogP contribution in [0.2, 0.25) is 0 Å². The van der Waals surface area contributed by atoms with Crippen LogP contribution in [0.5, 0.6) is 0 Å². The van der Waals surface area contributed by atoms with Crippen LogP contribution in [0, 0.1) is 5.92 Å². The Kier molecular flexibility index (Phi) is 1.95. The van der Waals surface area contributed by atoms with E-state index in [-0.39, 0.29) is 0 Å². The summed E-state index contributed by atoms with van der Waals surface area (Å²) in [7, 11) is 0. The van der Waals surface area contributed by atoms with E-state index in [4.69, 9.17) is 0 Å². The Bertz CT molecular complexity index is 90.5. The molecule has 2 unspecified atom stereocenters. The van der Waals surface area contributed by atoms with Gasteiger partial charge in [0.05, 0.1) is 5.25 Å². The van der Waals surface area contributed by atoms with E-state index in [1.807, 2.05) is 0 Å². The number of carbonyl (C=O) groups is 1. The molecule has 1 rings (SSSR count). The molecule has 2 heteroatoms. The van der Waals surface area contributed by atoms with Crippen molar-refractivity contribution in [2.45, 2.75) is 18.6 Å². The maximum Gasteiger partial charge on any atom is 0.133 e. The van der Waals surface area contributed by atoms with Crippen LogP contribution in [0.3, 0.4) is 0 Å². The van der Waals surface area contributed by atoms with E-state index in [0.717, 1.165) is 12.7 Å². The molecule has 1 saturated heterocycles. The van der Waals surface area contributed by atoms with Gasteiger partial charge in [-0.1, -0.05) is 13.3 Å². The maximum absolute atomic E-state index is 10.1. The van der Waals surface area contributed by atoms with Gasteiger partial charge in [-0.05, 0) is 11.7 Å². The number of hydrogen-bond acceptors (Lipinski definition) is 2. The van der Waals surface area contributed by atoms with Crippen molar-refractivity contribution < 1.29 is 4.79 Å². The van der Waals surface area contributed by atoms with Gasteiger partial charge in [0, 0.05) is 0 Å². The van der Waals surface area contributed by atoms with Gasteiger partial charge in [0.25, 0.3) is 0 Å². The first kappa shape index (κ1) is 6.14. The quantitative estimate of drug-likeness (QED) is 0.524. The van der Waals surface area contributed by atoms with Crippen LogP contribution in [0.25, 0.3) is 0 Å². The highest BCUT2D eigenvalue weighted by atomic mass is 32.2. The minimum absolute atomic E-state index is 0.333. The third kappa shape index (κ3) is 0.895. The van der Waals surface area contributed by atoms with E-state index >= 15 is 0 Å². The molecule has 8 heavy (non-hydrogen) atoms. The van der Waals surface area contributed by atoms with Crippen LogP contribution in [-0.4, -0.2) is 17.3 Å². The average molecular weight is 130 g/mol. The molecule has 0 radical (unpaired) electrons. The summed E-state index contributed by atoms with van der Waals surface area (Å²) in [6.45, 7) is 2.14. The maximum atomic E-state index is 10.1. The van der Waals surface area contributed by atoms with Gasteiger partial charge in [-0.2, -0.15) is 11.8 Å². The molecule has 1 aliphatic heterocycles. The summed E-state index contributed by atoms with van der Waals surface area (Å²) in [6, 6.07) is 0. The lowest BCUT2D eigenvalue weighted by atomic mass is 10.0. The molecule has 0 saturated carbocycles. The fraction of sp³-hybridized carbons (Fsp3) is 0.833. The second kappa shape index (κ2) is 2.53. The molecule has 0 aromatic heterocycles. The fourth-order valence-electron chi connectivity index (χ4n) is 0.844. The molecule has 46 valence electrons. The smallest absolute Gasteiger partial charge is 0.133 e. The number of thioether (sulfide) groups is 1. The van der Waals surface area contributed by atoms with E-state index in [0.29, 0.717) is 11.2 Å². The molecule has 1 nitrogen and oxygen atoms in total. The molecule has 0 aliphatic carbocycles. The number of carbonyl (C=O) groups excluding carboxylic acids is 1. The standard InChI is InChI=1S/C6H10OS/c1-2-5-4-8-6(5)3-7/h3,5-6H,2,4H2,1H3. The van der Waals surface area contributed by atoms with Gasteiger partial charge in [0.2, 0.25) is 0 Å². The largest absolute Gasteiger partial charge is 0.302 e. The predicted molar refractivity (Wildman–Crippen MR) is 36.1 cm³/mol. The first-order valence-corrected chi connectivity index (χ1v) is 4.00. The lowest BCUT2D eigenvalue weighted by Gasteiger charge is -2.30. The van der Waals surface area contributed by atoms with Crippen LogP contribution in [0.4, 0.5) is 0 Å². The molecule has 1 aliphatic rings. The first-order valence-electron chi connectivity index (χ1n) is 2.95. The monoisotopic (exact) mass is 130 g/mol. The molecule has 0 N–H and O–H groups in total. The Morgan fingerprint density at radius 1 is 1.88 bits per heavy atom. The average Bonchev–Trinajstić information content (AvgIpc) is 1.66. The Labute approximate surface area is 53.8 Å². The van der Waals surface area contributed by atoms with Gasteiger partial charge in [0.1, 0.15) is 6.29 Å². The van der Waals surface area contributed by atoms with E-state index in [9.17, 15) is 4.79 Å². The van der Waals surface area contributed by atoms with E-state index < -0.39 is 0 Å². The van der Waals surface area contributed by atoms with Gasteiger partial charge in [0.15, 0.2) is 0 Å². The molecule has 0 amide bonds. The van der Waals surface area contributed by atoms with Crippen LogP contribution in [0.1, 0.15) is 13.3 Å². The minimum Gasteiger partial charge on any atom is -0.302 e. The molecular weight excluding hydrogens is 120 g/mol. The third-order valence-electron chi connectivity index (χ3n) is 1.63. The van der Waals surface area contributed by atoms with Crippen molar-refractivity contribution in [1.29, 1.82) is 0 Å². The van der Waals surface area contributed by atoms with E-state index in [2.05, 4.69) is 6.92 Å². The number of rotatable bonds is 2. The second-order valence-corrected chi connectivity index (χ2v) is 3.31. The molecule has 0 bridgehead atoms. The van der Waals surface area contributed by atoms with Gasteiger partial charge in [-0.15, -0.1) is 0 Å². The summed E-state index contributed by atoms with van der Waals surface area (Å²) in [5, 5.41) is 0.333. The molecule has 1 fully saturated rings. The minimum atomic E-state index is 0.333. The van der Waals surface area contributed by atoms with Gasteiger partial charge in [-0.3, -0.25) is 0 Å². The van der Waals surface area contributed by atoms with E-state index in [1.54, 1.807) is 11.8 Å². The van der Waals surface area contributed by atoms with Crippen LogP contribution in [-0.2, 0) is 4.79 Å². The summed E-state index contributed by atoms with van der Waals surface area (Å²) < 4.78 is 0. The highest BCUT2D eigenvalue weighted by Gasteiger charge is 2.28. The molecule has 0 aromatic carbocycles. The Morgan fingerprint density at radius 3 is 2.75 bits per heavy atom. The highest BCUT2D eigenvalue weighted by molar-refractivity contribution is 8.01. The van der Waals surface area contributed by atoms with Crippen molar-refractivity contribution in [1.82, 2.24) is 0 Å². The van der Waals surface area contributed by atoms with Gasteiger partial charge >= 0.3 is 0 Å².